The number of aliphatic hydroxyl groups excluding tert-OH is 1. The summed E-state index contributed by atoms with van der Waals surface area (Å²) in [5.74, 6) is -0.758. The lowest BCUT2D eigenvalue weighted by molar-refractivity contribution is 0.0600. The zero-order chi connectivity index (χ0) is 18.3. The Labute approximate surface area is 147 Å². The molecule has 2 aromatic carbocycles. The van der Waals surface area contributed by atoms with Crippen LogP contribution in [-0.2, 0) is 21.2 Å². The summed E-state index contributed by atoms with van der Waals surface area (Å²) in [5, 5.41) is 9.49. The lowest BCUT2D eigenvalue weighted by Crippen LogP contribution is -2.32. The van der Waals surface area contributed by atoms with Crippen LogP contribution in [0.3, 0.4) is 0 Å². The van der Waals surface area contributed by atoms with Crippen LogP contribution >= 0.6 is 0 Å². The number of rotatable bonds is 8. The number of ether oxygens (including phenoxy) is 1. The van der Waals surface area contributed by atoms with E-state index in [1.54, 1.807) is 0 Å². The standard InChI is InChI=1S/C18H21NO5S/c1-24-18(21)16-7-9-17(10-8-16)25(22,23)19-12-15(13-20)11-14-5-3-2-4-6-14/h2-10,15,19-20H,11-13H2,1H3. The van der Waals surface area contributed by atoms with Gasteiger partial charge < -0.3 is 9.84 Å². The maximum absolute atomic E-state index is 12.3. The molecule has 0 amide bonds. The smallest absolute Gasteiger partial charge is 0.337 e. The van der Waals surface area contributed by atoms with Gasteiger partial charge in [0.25, 0.3) is 0 Å². The number of carbonyl (C=O) groups is 1. The van der Waals surface area contributed by atoms with Crippen LogP contribution in [0, 0.1) is 5.92 Å². The molecule has 0 radical (unpaired) electrons. The fraction of sp³-hybridized carbons (Fsp3) is 0.278. The summed E-state index contributed by atoms with van der Waals surface area (Å²) in [6, 6.07) is 15.1. The summed E-state index contributed by atoms with van der Waals surface area (Å²) in [5.41, 5.74) is 1.31. The van der Waals surface area contributed by atoms with Gasteiger partial charge in [-0.2, -0.15) is 0 Å². The van der Waals surface area contributed by atoms with E-state index in [1.165, 1.54) is 31.4 Å². The number of sulfonamides is 1. The highest BCUT2D eigenvalue weighted by Crippen LogP contribution is 2.13. The van der Waals surface area contributed by atoms with Crippen molar-refractivity contribution in [1.29, 1.82) is 0 Å². The van der Waals surface area contributed by atoms with E-state index >= 15 is 0 Å². The van der Waals surface area contributed by atoms with Crippen molar-refractivity contribution in [2.24, 2.45) is 5.92 Å². The molecular formula is C18H21NO5S. The lowest BCUT2D eigenvalue weighted by Gasteiger charge is -2.15. The van der Waals surface area contributed by atoms with Gasteiger partial charge in [0.15, 0.2) is 0 Å². The van der Waals surface area contributed by atoms with Crippen LogP contribution in [0.2, 0.25) is 0 Å². The third-order valence-corrected chi connectivity index (χ3v) is 5.21. The van der Waals surface area contributed by atoms with E-state index in [0.29, 0.717) is 6.42 Å². The minimum Gasteiger partial charge on any atom is -0.465 e. The molecule has 6 nitrogen and oxygen atoms in total. The number of esters is 1. The molecule has 0 aliphatic rings. The molecule has 2 N–H and O–H groups in total. The Bertz CT molecular complexity index is 788. The van der Waals surface area contributed by atoms with E-state index < -0.39 is 16.0 Å². The number of carbonyl (C=O) groups excluding carboxylic acids is 1. The second kappa shape index (κ2) is 8.75. The SMILES string of the molecule is COC(=O)c1ccc(S(=O)(=O)NCC(CO)Cc2ccccc2)cc1. The van der Waals surface area contributed by atoms with Crippen molar-refractivity contribution in [3.05, 3.63) is 65.7 Å². The first-order valence-corrected chi connectivity index (χ1v) is 9.27. The van der Waals surface area contributed by atoms with Crippen LogP contribution in [-0.4, -0.2) is 39.8 Å². The Hall–Kier alpha value is -2.22. The molecule has 0 bridgehead atoms. The Morgan fingerprint density at radius 3 is 2.32 bits per heavy atom. The summed E-state index contributed by atoms with van der Waals surface area (Å²) >= 11 is 0. The van der Waals surface area contributed by atoms with Gasteiger partial charge in [-0.05, 0) is 42.2 Å². The molecule has 0 aliphatic heterocycles. The first-order chi connectivity index (χ1) is 12.0. The first-order valence-electron chi connectivity index (χ1n) is 7.79. The van der Waals surface area contributed by atoms with E-state index in [-0.39, 0.29) is 29.5 Å². The van der Waals surface area contributed by atoms with E-state index in [2.05, 4.69) is 9.46 Å². The van der Waals surface area contributed by atoms with Crippen molar-refractivity contribution in [2.45, 2.75) is 11.3 Å². The topological polar surface area (TPSA) is 92.7 Å². The van der Waals surface area contributed by atoms with Gasteiger partial charge in [-0.3, -0.25) is 0 Å². The quantitative estimate of drug-likeness (QED) is 0.695. The summed E-state index contributed by atoms with van der Waals surface area (Å²) in [4.78, 5) is 11.4. The Morgan fingerprint density at radius 1 is 1.12 bits per heavy atom. The molecule has 0 spiro atoms. The Balaban J connectivity index is 2.01. The minimum atomic E-state index is -3.72. The molecular weight excluding hydrogens is 342 g/mol. The molecule has 0 fully saturated rings. The van der Waals surface area contributed by atoms with Crippen molar-refractivity contribution in [3.8, 4) is 0 Å². The third kappa shape index (κ3) is 5.38. The number of aliphatic hydroxyl groups is 1. The van der Waals surface area contributed by atoms with Crippen molar-refractivity contribution in [3.63, 3.8) is 0 Å². The van der Waals surface area contributed by atoms with Gasteiger partial charge in [0.05, 0.1) is 17.6 Å². The van der Waals surface area contributed by atoms with Crippen LogP contribution in [0.5, 0.6) is 0 Å². The maximum Gasteiger partial charge on any atom is 0.337 e. The molecule has 2 aromatic rings. The number of methoxy groups -OCH3 is 1. The highest BCUT2D eigenvalue weighted by atomic mass is 32.2. The van der Waals surface area contributed by atoms with Gasteiger partial charge in [-0.1, -0.05) is 30.3 Å². The number of benzene rings is 2. The van der Waals surface area contributed by atoms with E-state index in [9.17, 15) is 18.3 Å². The van der Waals surface area contributed by atoms with Crippen LogP contribution in [0.15, 0.2) is 59.5 Å². The molecule has 7 heteroatoms. The van der Waals surface area contributed by atoms with E-state index in [4.69, 9.17) is 0 Å². The molecule has 0 saturated carbocycles. The van der Waals surface area contributed by atoms with Gasteiger partial charge >= 0.3 is 5.97 Å². The number of hydrogen-bond acceptors (Lipinski definition) is 5. The monoisotopic (exact) mass is 363 g/mol. The second-order valence-electron chi connectivity index (χ2n) is 5.61. The second-order valence-corrected chi connectivity index (χ2v) is 7.37. The first kappa shape index (κ1) is 19.1. The highest BCUT2D eigenvalue weighted by Gasteiger charge is 2.18. The van der Waals surface area contributed by atoms with Gasteiger partial charge in [0, 0.05) is 13.2 Å². The third-order valence-electron chi connectivity index (χ3n) is 3.77. The summed E-state index contributed by atoms with van der Waals surface area (Å²) < 4.78 is 31.8. The zero-order valence-electron chi connectivity index (χ0n) is 13.9. The molecule has 1 unspecified atom stereocenters. The van der Waals surface area contributed by atoms with Crippen molar-refractivity contribution in [2.75, 3.05) is 20.3 Å². The normalized spacial score (nSPS) is 12.6. The average molecular weight is 363 g/mol. The highest BCUT2D eigenvalue weighted by molar-refractivity contribution is 7.89. The van der Waals surface area contributed by atoms with Crippen molar-refractivity contribution < 1.29 is 23.1 Å². The largest absolute Gasteiger partial charge is 0.465 e. The number of nitrogens with one attached hydrogen (secondary N) is 1. The van der Waals surface area contributed by atoms with Gasteiger partial charge in [0.1, 0.15) is 0 Å². The molecule has 0 aromatic heterocycles. The Kier molecular flexibility index (Phi) is 6.69. The minimum absolute atomic E-state index is 0.0524. The maximum atomic E-state index is 12.3. The zero-order valence-corrected chi connectivity index (χ0v) is 14.7. The van der Waals surface area contributed by atoms with Crippen molar-refractivity contribution >= 4 is 16.0 Å². The average Bonchev–Trinajstić information content (AvgIpc) is 2.65. The molecule has 0 saturated heterocycles. The van der Waals surface area contributed by atoms with Crippen LogP contribution in [0.25, 0.3) is 0 Å². The molecule has 134 valence electrons. The molecule has 0 heterocycles. The molecule has 2 rings (SSSR count). The van der Waals surface area contributed by atoms with E-state index in [1.807, 2.05) is 30.3 Å². The van der Waals surface area contributed by atoms with Crippen LogP contribution < -0.4 is 4.72 Å². The predicted molar refractivity (Wildman–Crippen MR) is 93.7 cm³/mol. The van der Waals surface area contributed by atoms with Gasteiger partial charge in [-0.25, -0.2) is 17.9 Å². The lowest BCUT2D eigenvalue weighted by atomic mass is 10.0. The molecule has 25 heavy (non-hydrogen) atoms. The predicted octanol–water partition coefficient (Wildman–Crippen LogP) is 1.60. The Morgan fingerprint density at radius 2 is 1.76 bits per heavy atom. The van der Waals surface area contributed by atoms with E-state index in [0.717, 1.165) is 5.56 Å². The summed E-state index contributed by atoms with van der Waals surface area (Å²) in [6.07, 6.45) is 0.571. The number of hydrogen-bond donors (Lipinski definition) is 2. The van der Waals surface area contributed by atoms with Crippen LogP contribution in [0.1, 0.15) is 15.9 Å². The van der Waals surface area contributed by atoms with Crippen LogP contribution in [0.4, 0.5) is 0 Å². The summed E-state index contributed by atoms with van der Waals surface area (Å²) in [7, 11) is -2.46. The molecule has 1 atom stereocenters. The van der Waals surface area contributed by atoms with Gasteiger partial charge in [-0.15, -0.1) is 0 Å². The summed E-state index contributed by atoms with van der Waals surface area (Å²) in [6.45, 7) is -0.00876. The van der Waals surface area contributed by atoms with Gasteiger partial charge in [0.2, 0.25) is 10.0 Å². The fourth-order valence-corrected chi connectivity index (χ4v) is 3.46. The van der Waals surface area contributed by atoms with Crippen molar-refractivity contribution in [1.82, 2.24) is 4.72 Å². The molecule has 0 aliphatic carbocycles. The fourth-order valence-electron chi connectivity index (χ4n) is 2.35.